The first-order valence-electron chi connectivity index (χ1n) is 10.2. The Balaban J connectivity index is 1.32. The highest BCUT2D eigenvalue weighted by molar-refractivity contribution is 5.80. The van der Waals surface area contributed by atoms with Gasteiger partial charge in [0.2, 0.25) is 0 Å². The second-order valence-electron chi connectivity index (χ2n) is 7.13. The number of nitrogens with one attached hydrogen (secondary N) is 1. The van der Waals surface area contributed by atoms with Crippen molar-refractivity contribution in [2.24, 2.45) is 4.99 Å². The maximum atomic E-state index is 5.92. The number of guanidine groups is 1. The van der Waals surface area contributed by atoms with Gasteiger partial charge in [-0.3, -0.25) is 4.99 Å². The standard InChI is InChI=1S/C21H33N3O4/c1-22-21(24-11-14-28-20(15-24)19-5-3-13-27-19)23-10-4-12-26-16-17-6-8-18(25-2)9-7-17/h6-9,19-20H,3-5,10-16H2,1-2H3,(H,22,23). The molecule has 2 atom stereocenters. The van der Waals surface area contributed by atoms with Gasteiger partial charge in [0.25, 0.3) is 0 Å². The van der Waals surface area contributed by atoms with Gasteiger partial charge in [0, 0.05) is 39.9 Å². The Kier molecular flexibility index (Phi) is 8.39. The molecule has 2 unspecified atom stereocenters. The lowest BCUT2D eigenvalue weighted by Crippen LogP contribution is -2.53. The minimum absolute atomic E-state index is 0.141. The highest BCUT2D eigenvalue weighted by atomic mass is 16.5. The first-order valence-corrected chi connectivity index (χ1v) is 10.2. The van der Waals surface area contributed by atoms with Crippen LogP contribution in [0.4, 0.5) is 0 Å². The molecule has 156 valence electrons. The van der Waals surface area contributed by atoms with Crippen LogP contribution in [0, 0.1) is 0 Å². The molecule has 1 aromatic rings. The Morgan fingerprint density at radius 1 is 1.21 bits per heavy atom. The molecule has 2 aliphatic heterocycles. The molecule has 7 nitrogen and oxygen atoms in total. The fraction of sp³-hybridized carbons (Fsp3) is 0.667. The molecule has 0 bridgehead atoms. The summed E-state index contributed by atoms with van der Waals surface area (Å²) in [6, 6.07) is 7.97. The molecule has 0 aliphatic carbocycles. The maximum absolute atomic E-state index is 5.92. The van der Waals surface area contributed by atoms with Crippen molar-refractivity contribution in [3.8, 4) is 5.75 Å². The number of rotatable bonds is 8. The fourth-order valence-electron chi connectivity index (χ4n) is 3.61. The van der Waals surface area contributed by atoms with Crippen molar-refractivity contribution in [1.29, 1.82) is 0 Å². The quantitative estimate of drug-likeness (QED) is 0.416. The Labute approximate surface area is 168 Å². The van der Waals surface area contributed by atoms with E-state index in [4.69, 9.17) is 18.9 Å². The van der Waals surface area contributed by atoms with Crippen LogP contribution < -0.4 is 10.1 Å². The monoisotopic (exact) mass is 391 g/mol. The van der Waals surface area contributed by atoms with Gasteiger partial charge < -0.3 is 29.2 Å². The smallest absolute Gasteiger partial charge is 0.193 e. The normalized spacial score (nSPS) is 23.1. The number of methoxy groups -OCH3 is 1. The van der Waals surface area contributed by atoms with Crippen molar-refractivity contribution in [3.63, 3.8) is 0 Å². The molecular formula is C21H33N3O4. The summed E-state index contributed by atoms with van der Waals surface area (Å²) in [5, 5.41) is 3.45. The summed E-state index contributed by atoms with van der Waals surface area (Å²) < 4.78 is 22.7. The molecule has 2 aliphatic rings. The van der Waals surface area contributed by atoms with E-state index in [0.29, 0.717) is 13.2 Å². The SMILES string of the molecule is CN=C(NCCCOCc1ccc(OC)cc1)N1CCOC(C2CCCO2)C1. The van der Waals surface area contributed by atoms with Crippen LogP contribution in [-0.4, -0.2) is 76.7 Å². The number of morpholine rings is 1. The average molecular weight is 392 g/mol. The largest absolute Gasteiger partial charge is 0.497 e. The van der Waals surface area contributed by atoms with E-state index >= 15 is 0 Å². The van der Waals surface area contributed by atoms with Crippen LogP contribution >= 0.6 is 0 Å². The van der Waals surface area contributed by atoms with Crippen LogP contribution in [0.2, 0.25) is 0 Å². The van der Waals surface area contributed by atoms with Gasteiger partial charge >= 0.3 is 0 Å². The first kappa shape index (κ1) is 20.9. The van der Waals surface area contributed by atoms with Gasteiger partial charge in [0.05, 0.1) is 26.4 Å². The number of hydrogen-bond acceptors (Lipinski definition) is 5. The summed E-state index contributed by atoms with van der Waals surface area (Å²) in [4.78, 5) is 6.71. The second kappa shape index (κ2) is 11.2. The number of benzene rings is 1. The number of nitrogens with zero attached hydrogens (tertiary/aromatic N) is 2. The third kappa shape index (κ3) is 6.09. The predicted octanol–water partition coefficient (Wildman–Crippen LogP) is 2.06. The van der Waals surface area contributed by atoms with E-state index in [1.807, 2.05) is 31.3 Å². The molecule has 0 spiro atoms. The van der Waals surface area contributed by atoms with E-state index in [9.17, 15) is 0 Å². The second-order valence-corrected chi connectivity index (χ2v) is 7.13. The van der Waals surface area contributed by atoms with E-state index in [-0.39, 0.29) is 12.2 Å². The van der Waals surface area contributed by atoms with Crippen LogP contribution in [0.3, 0.4) is 0 Å². The Morgan fingerprint density at radius 2 is 2.04 bits per heavy atom. The topological polar surface area (TPSA) is 64.6 Å². The zero-order chi connectivity index (χ0) is 19.6. The van der Waals surface area contributed by atoms with E-state index in [1.165, 1.54) is 0 Å². The summed E-state index contributed by atoms with van der Waals surface area (Å²) in [5.74, 6) is 1.80. The molecule has 0 aromatic heterocycles. The molecular weight excluding hydrogens is 358 g/mol. The molecule has 2 saturated heterocycles. The lowest BCUT2D eigenvalue weighted by atomic mass is 10.1. The molecule has 0 saturated carbocycles. The highest BCUT2D eigenvalue weighted by Crippen LogP contribution is 2.21. The van der Waals surface area contributed by atoms with Crippen molar-refractivity contribution in [2.45, 2.75) is 38.1 Å². The van der Waals surface area contributed by atoms with Crippen molar-refractivity contribution in [1.82, 2.24) is 10.2 Å². The number of ether oxygens (including phenoxy) is 4. The van der Waals surface area contributed by atoms with Gasteiger partial charge in [0.1, 0.15) is 11.9 Å². The van der Waals surface area contributed by atoms with E-state index < -0.39 is 0 Å². The van der Waals surface area contributed by atoms with Crippen LogP contribution in [0.5, 0.6) is 5.75 Å². The van der Waals surface area contributed by atoms with Gasteiger partial charge in [-0.05, 0) is 37.0 Å². The summed E-state index contributed by atoms with van der Waals surface area (Å²) >= 11 is 0. The molecule has 7 heteroatoms. The van der Waals surface area contributed by atoms with Crippen LogP contribution in [0.15, 0.2) is 29.3 Å². The van der Waals surface area contributed by atoms with Gasteiger partial charge in [-0.2, -0.15) is 0 Å². The van der Waals surface area contributed by atoms with Crippen molar-refractivity contribution >= 4 is 5.96 Å². The lowest BCUT2D eigenvalue weighted by Gasteiger charge is -2.37. The summed E-state index contributed by atoms with van der Waals surface area (Å²) in [6.45, 7) is 5.42. The minimum atomic E-state index is 0.141. The van der Waals surface area contributed by atoms with E-state index in [2.05, 4.69) is 15.2 Å². The van der Waals surface area contributed by atoms with Crippen molar-refractivity contribution in [3.05, 3.63) is 29.8 Å². The highest BCUT2D eigenvalue weighted by Gasteiger charge is 2.32. The van der Waals surface area contributed by atoms with Gasteiger partial charge in [-0.25, -0.2) is 0 Å². The fourth-order valence-corrected chi connectivity index (χ4v) is 3.61. The molecule has 1 aromatic carbocycles. The van der Waals surface area contributed by atoms with Gasteiger partial charge in [0.15, 0.2) is 5.96 Å². The molecule has 0 amide bonds. The average Bonchev–Trinajstić information content (AvgIpc) is 3.29. The molecule has 2 heterocycles. The number of aliphatic imine (C=N–C) groups is 1. The molecule has 0 radical (unpaired) electrons. The van der Waals surface area contributed by atoms with Crippen LogP contribution in [-0.2, 0) is 20.8 Å². The molecule has 3 rings (SSSR count). The van der Waals surface area contributed by atoms with Crippen LogP contribution in [0.25, 0.3) is 0 Å². The van der Waals surface area contributed by atoms with E-state index in [0.717, 1.165) is 69.4 Å². The molecule has 28 heavy (non-hydrogen) atoms. The Morgan fingerprint density at radius 3 is 2.75 bits per heavy atom. The van der Waals surface area contributed by atoms with Crippen molar-refractivity contribution in [2.75, 3.05) is 53.6 Å². The Bertz CT molecular complexity index is 602. The molecule has 2 fully saturated rings. The predicted molar refractivity (Wildman–Crippen MR) is 109 cm³/mol. The summed E-state index contributed by atoms with van der Waals surface area (Å²) in [7, 11) is 3.50. The van der Waals surface area contributed by atoms with Crippen LogP contribution in [0.1, 0.15) is 24.8 Å². The lowest BCUT2D eigenvalue weighted by molar-refractivity contribution is -0.0817. The zero-order valence-corrected chi connectivity index (χ0v) is 17.1. The first-order chi connectivity index (χ1) is 13.8. The summed E-state index contributed by atoms with van der Waals surface area (Å²) in [5.41, 5.74) is 1.15. The third-order valence-electron chi connectivity index (χ3n) is 5.16. The maximum Gasteiger partial charge on any atom is 0.193 e. The third-order valence-corrected chi connectivity index (χ3v) is 5.16. The van der Waals surface area contributed by atoms with Gasteiger partial charge in [-0.1, -0.05) is 12.1 Å². The van der Waals surface area contributed by atoms with E-state index in [1.54, 1.807) is 7.11 Å². The number of hydrogen-bond donors (Lipinski definition) is 1. The minimum Gasteiger partial charge on any atom is -0.497 e. The van der Waals surface area contributed by atoms with Gasteiger partial charge in [-0.15, -0.1) is 0 Å². The Hall–Kier alpha value is -1.83. The summed E-state index contributed by atoms with van der Waals surface area (Å²) in [6.07, 6.45) is 3.52. The molecule has 1 N–H and O–H groups in total. The zero-order valence-electron chi connectivity index (χ0n) is 17.1. The van der Waals surface area contributed by atoms with Crippen molar-refractivity contribution < 1.29 is 18.9 Å².